The first-order chi connectivity index (χ1) is 3.00. The van der Waals surface area contributed by atoms with Crippen molar-refractivity contribution in [3.63, 3.8) is 0 Å². The van der Waals surface area contributed by atoms with Crippen LogP contribution in [0.1, 0.15) is 0 Å². The van der Waals surface area contributed by atoms with E-state index in [0.29, 0.717) is 36.9 Å². The molecule has 0 nitrogen and oxygen atoms in total. The van der Waals surface area contributed by atoms with Crippen molar-refractivity contribution in [1.82, 2.24) is 0 Å². The van der Waals surface area contributed by atoms with Gasteiger partial charge >= 0.3 is 52.7 Å². The van der Waals surface area contributed by atoms with Crippen LogP contribution in [0.25, 0.3) is 0 Å². The van der Waals surface area contributed by atoms with Gasteiger partial charge in [-0.2, -0.15) is 0 Å². The Balaban J connectivity index is 2.77. The molecule has 0 saturated carbocycles. The molecule has 0 aliphatic carbocycles. The zero-order valence-corrected chi connectivity index (χ0v) is 10.7. The predicted molar refractivity (Wildman–Crippen MR) is 36.7 cm³/mol. The van der Waals surface area contributed by atoms with Crippen molar-refractivity contribution in [2.45, 2.75) is 0 Å². The Kier molecular flexibility index (Phi) is 2.93. The van der Waals surface area contributed by atoms with Crippen molar-refractivity contribution in [1.29, 1.82) is 0 Å². The van der Waals surface area contributed by atoms with Crippen molar-refractivity contribution in [3.8, 4) is 0 Å². The molecule has 0 aromatic rings. The summed E-state index contributed by atoms with van der Waals surface area (Å²) in [7, 11) is 0.555. The quantitative estimate of drug-likeness (QED) is 0.463. The number of rotatable bonds is 0. The van der Waals surface area contributed by atoms with Crippen molar-refractivity contribution in [3.05, 3.63) is 11.0 Å². The summed E-state index contributed by atoms with van der Waals surface area (Å²) in [4.78, 5) is 4.95. The Bertz CT molecular complexity index is 75.4. The summed E-state index contributed by atoms with van der Waals surface area (Å²) in [6, 6.07) is 0. The molecule has 1 aliphatic rings. The minimum atomic E-state index is 0.398. The molecule has 1 rings (SSSR count). The van der Waals surface area contributed by atoms with Crippen LogP contribution in [0.2, 0.25) is 0 Å². The van der Waals surface area contributed by atoms with E-state index in [2.05, 4.69) is 15.8 Å². The first-order valence-corrected chi connectivity index (χ1v) is 22.1. The third kappa shape index (κ3) is 1.80. The number of hydrogen-bond acceptors (Lipinski definition) is 0. The topological polar surface area (TPSA) is 0 Å². The van der Waals surface area contributed by atoms with Gasteiger partial charge in [0.1, 0.15) is 0 Å². The molecule has 3 heteroatoms. The molecule has 30 valence electrons. The number of allylic oxidation sites excluding steroid dienone is 1. The van der Waals surface area contributed by atoms with E-state index in [9.17, 15) is 0 Å². The Morgan fingerprint density at radius 2 is 2.33 bits per heavy atom. The molecule has 0 fully saturated rings. The summed E-state index contributed by atoms with van der Waals surface area (Å²) in [5, 5.41) is 0. The van der Waals surface area contributed by atoms with E-state index in [0.717, 1.165) is 0 Å². The van der Waals surface area contributed by atoms with Crippen LogP contribution in [0, 0.1) is 0 Å². The second kappa shape index (κ2) is 3.27. The van der Waals surface area contributed by atoms with Crippen LogP contribution in [0.3, 0.4) is 0 Å². The maximum absolute atomic E-state index is 2.48. The molecule has 0 bridgehead atoms. The average molecular weight is 260 g/mol. The van der Waals surface area contributed by atoms with Gasteiger partial charge in [-0.3, -0.25) is 0 Å². The van der Waals surface area contributed by atoms with E-state index >= 15 is 0 Å². The third-order valence-electron chi connectivity index (χ3n) is 0.667. The van der Waals surface area contributed by atoms with Gasteiger partial charge in [0.2, 0.25) is 0 Å². The summed E-state index contributed by atoms with van der Waals surface area (Å²) in [5.41, 5.74) is 0. The van der Waals surface area contributed by atoms with Gasteiger partial charge in [-0.15, -0.1) is 0 Å². The number of hydrogen-bond donors (Lipinski definition) is 0. The minimum absolute atomic E-state index is 0.398. The van der Waals surface area contributed by atoms with E-state index < -0.39 is 0 Å². The van der Waals surface area contributed by atoms with Crippen LogP contribution in [-0.2, 0) is 0 Å². The molecule has 1 aliphatic heterocycles. The van der Waals surface area contributed by atoms with Gasteiger partial charge < -0.3 is 0 Å². The van der Waals surface area contributed by atoms with Gasteiger partial charge in [-0.1, -0.05) is 0 Å². The molecule has 0 spiro atoms. The van der Waals surface area contributed by atoms with Crippen LogP contribution < -0.4 is 0 Å². The van der Waals surface area contributed by atoms with E-state index in [-0.39, 0.29) is 0 Å². The van der Waals surface area contributed by atoms with Crippen molar-refractivity contribution < 1.29 is 0 Å². The molecular weight excluding hydrogens is 254 g/mol. The molecule has 0 N–H and O–H groups in total. The van der Waals surface area contributed by atoms with E-state index in [1.165, 1.54) is 0 Å². The van der Waals surface area contributed by atoms with Crippen LogP contribution >= 0.6 is 0 Å². The zero-order chi connectivity index (χ0) is 4.24. The van der Waals surface area contributed by atoms with Gasteiger partial charge in [0.25, 0.3) is 0 Å². The van der Waals surface area contributed by atoms with E-state index in [4.69, 9.17) is 0 Å². The molecule has 0 aromatic heterocycles. The van der Waals surface area contributed by atoms with Crippen molar-refractivity contribution in [2.24, 2.45) is 0 Å². The van der Waals surface area contributed by atoms with Gasteiger partial charge in [0.15, 0.2) is 0 Å². The monoisotopic (exact) mass is 264 g/mol. The molecule has 0 saturated heterocycles. The van der Waals surface area contributed by atoms with E-state index in [1.54, 1.807) is 0 Å². The summed E-state index contributed by atoms with van der Waals surface area (Å²) in [6.45, 7) is 0. The Labute approximate surface area is 52.4 Å². The second-order valence-corrected chi connectivity index (χ2v) is 39.6. The van der Waals surface area contributed by atoms with Crippen LogP contribution in [-0.4, -0.2) is 41.8 Å². The molecule has 0 aromatic carbocycles. The van der Waals surface area contributed by atoms with Crippen LogP contribution in [0.5, 0.6) is 0 Å². The fourth-order valence-corrected chi connectivity index (χ4v) is 32.2. The Hall–Kier alpha value is 1.24. The summed E-state index contributed by atoms with van der Waals surface area (Å²) in [5.74, 6) is 0. The molecule has 0 amide bonds. The van der Waals surface area contributed by atoms with Gasteiger partial charge in [0.05, 0.1) is 0 Å². The molecule has 0 unspecified atom stereocenters. The van der Waals surface area contributed by atoms with Gasteiger partial charge in [-0.05, 0) is 0 Å². The van der Waals surface area contributed by atoms with Crippen molar-refractivity contribution >= 4 is 41.8 Å². The normalized spacial score (nSPS) is 16.0. The SMILES string of the molecule is C1=[CH][GeH]=[GeH][GeH]=[CH]1. The predicted octanol–water partition coefficient (Wildman–Crippen LogP) is -1.54. The average Bonchev–Trinajstić information content (AvgIpc) is 1.72. The molecular formula is C3H6Ge3. The van der Waals surface area contributed by atoms with E-state index in [1.807, 2.05) is 0 Å². The first-order valence-electron chi connectivity index (χ1n) is 2.00. The summed E-state index contributed by atoms with van der Waals surface area (Å²) < 4.78 is 0. The fraction of sp³-hybridized carbons (Fsp3) is 0. The van der Waals surface area contributed by atoms with Crippen molar-refractivity contribution in [2.75, 3.05) is 0 Å². The first kappa shape index (κ1) is 5.38. The molecule has 6 heavy (non-hydrogen) atoms. The molecule has 1 heterocycles. The molecule has 0 radical (unpaired) electrons. The van der Waals surface area contributed by atoms with Gasteiger partial charge in [0, 0.05) is 0 Å². The zero-order valence-electron chi connectivity index (χ0n) is 3.46. The Morgan fingerprint density at radius 3 is 2.50 bits per heavy atom. The maximum atomic E-state index is 2.48. The summed E-state index contributed by atoms with van der Waals surface area (Å²) in [6.07, 6.45) is 2.32. The van der Waals surface area contributed by atoms with Crippen LogP contribution in [0.15, 0.2) is 11.0 Å². The third-order valence-corrected chi connectivity index (χ3v) is 38.3. The fourth-order valence-electron chi connectivity index (χ4n) is 0.385. The Morgan fingerprint density at radius 1 is 1.33 bits per heavy atom. The standard InChI is InChI=1S/C3H6Ge3/c1-2-4-6-5-3-1/h1-6H. The summed E-state index contributed by atoms with van der Waals surface area (Å²) >= 11 is 0.797. The van der Waals surface area contributed by atoms with Crippen LogP contribution in [0.4, 0.5) is 0 Å². The van der Waals surface area contributed by atoms with Gasteiger partial charge in [-0.25, -0.2) is 0 Å². The second-order valence-electron chi connectivity index (χ2n) is 1.15. The molecule has 0 atom stereocenters.